The van der Waals surface area contributed by atoms with E-state index >= 15 is 0 Å². The molecule has 0 amide bonds. The van der Waals surface area contributed by atoms with E-state index < -0.39 is 0 Å². The van der Waals surface area contributed by atoms with E-state index in [1.165, 1.54) is 0 Å². The summed E-state index contributed by atoms with van der Waals surface area (Å²) < 4.78 is 12.8. The number of hydrogen-bond acceptors (Lipinski definition) is 8. The summed E-state index contributed by atoms with van der Waals surface area (Å²) in [5.41, 5.74) is 10.4. The number of nitrogens with two attached hydrogens (primary N) is 1. The lowest BCUT2D eigenvalue weighted by Crippen LogP contribution is -2.37. The van der Waals surface area contributed by atoms with Crippen molar-refractivity contribution in [3.8, 4) is 11.3 Å². The van der Waals surface area contributed by atoms with Gasteiger partial charge in [0.25, 0.3) is 0 Å². The van der Waals surface area contributed by atoms with Gasteiger partial charge in [-0.3, -0.25) is 4.98 Å². The molecule has 5 heterocycles. The molecule has 1 saturated heterocycles. The lowest BCUT2D eigenvalue weighted by molar-refractivity contribution is 0.122. The highest BCUT2D eigenvalue weighted by Gasteiger charge is 2.18. The van der Waals surface area contributed by atoms with Crippen LogP contribution in [0, 0.1) is 0 Å². The van der Waals surface area contributed by atoms with E-state index in [-0.39, 0.29) is 0 Å². The largest absolute Gasteiger partial charge is 0.400 e. The van der Waals surface area contributed by atoms with Crippen molar-refractivity contribution in [1.29, 1.82) is 0 Å². The van der Waals surface area contributed by atoms with Crippen molar-refractivity contribution in [1.82, 2.24) is 19.6 Å². The SMILES string of the molecule is NC1=C(C=Nc2cc(N3CCOCC3)n3nc(-c4ccncc4)cc3n2)CCOC1. The first kappa shape index (κ1) is 18.7. The van der Waals surface area contributed by atoms with E-state index in [0.29, 0.717) is 32.2 Å². The van der Waals surface area contributed by atoms with Gasteiger partial charge in [0.2, 0.25) is 0 Å². The number of hydrogen-bond donors (Lipinski definition) is 1. The molecule has 2 aliphatic heterocycles. The van der Waals surface area contributed by atoms with Crippen LogP contribution in [0.2, 0.25) is 0 Å². The van der Waals surface area contributed by atoms with E-state index in [1.807, 2.05) is 28.8 Å². The Bertz CT molecular complexity index is 1100. The Hall–Kier alpha value is -3.30. The van der Waals surface area contributed by atoms with E-state index in [0.717, 1.165) is 53.5 Å². The predicted octanol–water partition coefficient (Wildman–Crippen LogP) is 1.96. The van der Waals surface area contributed by atoms with Crippen molar-refractivity contribution in [3.05, 3.63) is 47.9 Å². The van der Waals surface area contributed by atoms with Gasteiger partial charge >= 0.3 is 0 Å². The lowest BCUT2D eigenvalue weighted by Gasteiger charge is -2.28. The molecule has 2 aliphatic rings. The van der Waals surface area contributed by atoms with Crippen LogP contribution in [-0.4, -0.2) is 65.3 Å². The highest BCUT2D eigenvalue weighted by atomic mass is 16.5. The number of aliphatic imine (C=N–C) groups is 1. The molecule has 3 aromatic rings. The zero-order chi connectivity index (χ0) is 20.3. The highest BCUT2D eigenvalue weighted by Crippen LogP contribution is 2.26. The van der Waals surface area contributed by atoms with Crippen molar-refractivity contribution < 1.29 is 9.47 Å². The zero-order valence-electron chi connectivity index (χ0n) is 16.6. The first-order valence-electron chi connectivity index (χ1n) is 10.0. The summed E-state index contributed by atoms with van der Waals surface area (Å²) in [6.07, 6.45) is 6.08. The quantitative estimate of drug-likeness (QED) is 0.662. The van der Waals surface area contributed by atoms with Crippen LogP contribution in [0.15, 0.2) is 52.9 Å². The van der Waals surface area contributed by atoms with Crippen LogP contribution in [0.3, 0.4) is 0 Å². The van der Waals surface area contributed by atoms with Crippen molar-refractivity contribution in [2.75, 3.05) is 44.4 Å². The molecule has 0 radical (unpaired) electrons. The Morgan fingerprint density at radius 3 is 2.70 bits per heavy atom. The maximum atomic E-state index is 6.05. The summed E-state index contributed by atoms with van der Waals surface area (Å²) in [6, 6.07) is 7.82. The smallest absolute Gasteiger partial charge is 0.160 e. The van der Waals surface area contributed by atoms with Crippen LogP contribution in [-0.2, 0) is 9.47 Å². The lowest BCUT2D eigenvalue weighted by atomic mass is 10.1. The minimum absolute atomic E-state index is 0.449. The molecule has 5 rings (SSSR count). The van der Waals surface area contributed by atoms with Gasteiger partial charge in [-0.15, -0.1) is 0 Å². The third-order valence-corrected chi connectivity index (χ3v) is 5.24. The molecule has 3 aromatic heterocycles. The molecular weight excluding hydrogens is 382 g/mol. The van der Waals surface area contributed by atoms with E-state index in [1.54, 1.807) is 18.6 Å². The molecule has 9 heteroatoms. The maximum Gasteiger partial charge on any atom is 0.160 e. The molecule has 0 saturated carbocycles. The van der Waals surface area contributed by atoms with Gasteiger partial charge in [0.05, 0.1) is 32.1 Å². The summed E-state index contributed by atoms with van der Waals surface area (Å²) in [4.78, 5) is 15.7. The Labute approximate surface area is 173 Å². The minimum Gasteiger partial charge on any atom is -0.400 e. The molecular formula is C21H23N7O2. The van der Waals surface area contributed by atoms with E-state index in [4.69, 9.17) is 25.3 Å². The van der Waals surface area contributed by atoms with Crippen LogP contribution in [0.4, 0.5) is 11.6 Å². The van der Waals surface area contributed by atoms with Crippen LogP contribution in [0.25, 0.3) is 16.9 Å². The Morgan fingerprint density at radius 1 is 1.07 bits per heavy atom. The third-order valence-electron chi connectivity index (χ3n) is 5.24. The molecule has 0 bridgehead atoms. The summed E-state index contributed by atoms with van der Waals surface area (Å²) in [5.74, 6) is 1.57. The number of ether oxygens (including phenoxy) is 2. The standard InChI is InChI=1S/C21H23N7O2/c22-17-14-30-8-3-16(17)13-24-19-12-21(27-6-9-29-10-7-27)28-20(25-19)11-18(26-28)15-1-4-23-5-2-15/h1-2,4-5,11-13H,3,6-10,14,22H2. The number of fused-ring (bicyclic) bond motifs is 1. The number of pyridine rings is 1. The molecule has 0 atom stereocenters. The molecule has 0 unspecified atom stereocenters. The number of anilines is 1. The molecule has 154 valence electrons. The number of rotatable bonds is 4. The fourth-order valence-electron chi connectivity index (χ4n) is 3.60. The monoisotopic (exact) mass is 405 g/mol. The Balaban J connectivity index is 1.57. The fraction of sp³-hybridized carbons (Fsp3) is 0.333. The third kappa shape index (κ3) is 3.77. The van der Waals surface area contributed by atoms with Crippen LogP contribution in [0.1, 0.15) is 6.42 Å². The highest BCUT2D eigenvalue weighted by molar-refractivity contribution is 5.82. The Kier molecular flexibility index (Phi) is 5.12. The molecule has 0 spiro atoms. The topological polar surface area (TPSA) is 103 Å². The first-order chi connectivity index (χ1) is 14.8. The van der Waals surface area contributed by atoms with E-state index in [2.05, 4.69) is 14.9 Å². The normalized spacial score (nSPS) is 17.9. The maximum absolute atomic E-state index is 6.05. The van der Waals surface area contributed by atoms with Crippen molar-refractivity contribution in [3.63, 3.8) is 0 Å². The Morgan fingerprint density at radius 2 is 1.90 bits per heavy atom. The molecule has 0 aliphatic carbocycles. The molecule has 2 N–H and O–H groups in total. The summed E-state index contributed by atoms with van der Waals surface area (Å²) in [5, 5.41) is 4.81. The van der Waals surface area contributed by atoms with Crippen LogP contribution >= 0.6 is 0 Å². The second-order valence-electron chi connectivity index (χ2n) is 7.22. The molecule has 0 aromatic carbocycles. The predicted molar refractivity (Wildman–Crippen MR) is 114 cm³/mol. The summed E-state index contributed by atoms with van der Waals surface area (Å²) >= 11 is 0. The van der Waals surface area contributed by atoms with Gasteiger partial charge in [0.1, 0.15) is 5.82 Å². The average molecular weight is 405 g/mol. The molecule has 9 nitrogen and oxygen atoms in total. The van der Waals surface area contributed by atoms with Gasteiger partial charge in [-0.1, -0.05) is 0 Å². The summed E-state index contributed by atoms with van der Waals surface area (Å²) in [6.45, 7) is 4.06. The van der Waals surface area contributed by atoms with Crippen LogP contribution < -0.4 is 10.6 Å². The van der Waals surface area contributed by atoms with Crippen molar-refractivity contribution in [2.45, 2.75) is 6.42 Å². The number of morpholine rings is 1. The second-order valence-corrected chi connectivity index (χ2v) is 7.22. The van der Waals surface area contributed by atoms with Gasteiger partial charge in [0.15, 0.2) is 11.5 Å². The first-order valence-corrected chi connectivity index (χ1v) is 10.0. The average Bonchev–Trinajstić information content (AvgIpc) is 3.23. The fourth-order valence-corrected chi connectivity index (χ4v) is 3.60. The minimum atomic E-state index is 0.449. The van der Waals surface area contributed by atoms with Gasteiger partial charge in [0, 0.05) is 55.1 Å². The van der Waals surface area contributed by atoms with Gasteiger partial charge in [-0.05, 0) is 24.1 Å². The summed E-state index contributed by atoms with van der Waals surface area (Å²) in [7, 11) is 0. The number of nitrogens with zero attached hydrogens (tertiary/aromatic N) is 6. The number of aromatic nitrogens is 4. The van der Waals surface area contributed by atoms with Crippen molar-refractivity contribution in [2.24, 2.45) is 10.7 Å². The second kappa shape index (κ2) is 8.21. The molecule has 30 heavy (non-hydrogen) atoms. The van der Waals surface area contributed by atoms with Gasteiger partial charge < -0.3 is 20.1 Å². The van der Waals surface area contributed by atoms with Crippen molar-refractivity contribution >= 4 is 23.5 Å². The van der Waals surface area contributed by atoms with Crippen LogP contribution in [0.5, 0.6) is 0 Å². The van der Waals surface area contributed by atoms with Gasteiger partial charge in [-0.2, -0.15) is 9.61 Å². The van der Waals surface area contributed by atoms with E-state index in [9.17, 15) is 0 Å². The zero-order valence-corrected chi connectivity index (χ0v) is 16.6. The van der Waals surface area contributed by atoms with Gasteiger partial charge in [-0.25, -0.2) is 9.98 Å². The molecule has 1 fully saturated rings.